The van der Waals surface area contributed by atoms with Gasteiger partial charge in [-0.3, -0.25) is 4.79 Å². The number of furan rings is 1. The number of esters is 1. The van der Waals surface area contributed by atoms with Crippen molar-refractivity contribution in [2.75, 3.05) is 11.9 Å². The molecule has 158 valence electrons. The van der Waals surface area contributed by atoms with Crippen molar-refractivity contribution in [1.29, 1.82) is 5.26 Å². The van der Waals surface area contributed by atoms with Gasteiger partial charge >= 0.3 is 5.97 Å². The van der Waals surface area contributed by atoms with E-state index in [9.17, 15) is 14.9 Å². The van der Waals surface area contributed by atoms with Gasteiger partial charge in [-0.25, -0.2) is 4.79 Å². The number of carbonyl (C=O) groups excluding carboxylic acids is 2. The summed E-state index contributed by atoms with van der Waals surface area (Å²) in [6, 6.07) is 12.4. The van der Waals surface area contributed by atoms with E-state index in [1.54, 1.807) is 38.1 Å². The number of hydrogen-bond acceptors (Lipinski definition) is 6. The van der Waals surface area contributed by atoms with Crippen LogP contribution in [0.1, 0.15) is 33.5 Å². The van der Waals surface area contributed by atoms with E-state index < -0.39 is 11.9 Å². The highest BCUT2D eigenvalue weighted by atomic mass is 35.5. The zero-order valence-electron chi connectivity index (χ0n) is 17.1. The monoisotopic (exact) mass is 454 g/mol. The maximum Gasteiger partial charge on any atom is 0.341 e. The molecule has 2 aromatic heterocycles. The summed E-state index contributed by atoms with van der Waals surface area (Å²) in [6.45, 7) is 5.57. The molecule has 0 bridgehead atoms. The number of benzene rings is 1. The van der Waals surface area contributed by atoms with Crippen molar-refractivity contribution in [2.45, 2.75) is 20.8 Å². The van der Waals surface area contributed by atoms with Gasteiger partial charge in [0.15, 0.2) is 0 Å². The van der Waals surface area contributed by atoms with Gasteiger partial charge in [-0.2, -0.15) is 5.26 Å². The lowest BCUT2D eigenvalue weighted by molar-refractivity contribution is -0.112. The highest BCUT2D eigenvalue weighted by Crippen LogP contribution is 2.33. The average Bonchev–Trinajstić information content (AvgIpc) is 3.31. The molecule has 31 heavy (non-hydrogen) atoms. The lowest BCUT2D eigenvalue weighted by atomic mass is 10.1. The fourth-order valence-electron chi connectivity index (χ4n) is 2.83. The number of carbonyl (C=O) groups is 2. The van der Waals surface area contributed by atoms with Crippen molar-refractivity contribution in [2.24, 2.45) is 0 Å². The minimum atomic E-state index is -0.640. The van der Waals surface area contributed by atoms with Gasteiger partial charge in [0.25, 0.3) is 5.91 Å². The van der Waals surface area contributed by atoms with E-state index in [2.05, 4.69) is 5.32 Å². The van der Waals surface area contributed by atoms with E-state index in [1.165, 1.54) is 17.4 Å². The van der Waals surface area contributed by atoms with Crippen LogP contribution in [0.15, 0.2) is 46.4 Å². The smallest absolute Gasteiger partial charge is 0.341 e. The first kappa shape index (κ1) is 22.3. The van der Waals surface area contributed by atoms with E-state index in [1.807, 2.05) is 25.1 Å². The Balaban J connectivity index is 1.84. The van der Waals surface area contributed by atoms with Gasteiger partial charge in [-0.1, -0.05) is 11.6 Å². The molecule has 1 N–H and O–H groups in total. The number of nitriles is 1. The summed E-state index contributed by atoms with van der Waals surface area (Å²) < 4.78 is 10.8. The third-order valence-electron chi connectivity index (χ3n) is 4.50. The third-order valence-corrected chi connectivity index (χ3v) is 5.87. The molecule has 8 heteroatoms. The molecule has 0 radical (unpaired) electrons. The van der Waals surface area contributed by atoms with E-state index in [-0.39, 0.29) is 12.2 Å². The summed E-state index contributed by atoms with van der Waals surface area (Å²) in [4.78, 5) is 25.9. The first-order chi connectivity index (χ1) is 14.8. The normalized spacial score (nSPS) is 11.1. The Kier molecular flexibility index (Phi) is 6.95. The van der Waals surface area contributed by atoms with Crippen molar-refractivity contribution < 1.29 is 18.7 Å². The molecule has 6 nitrogen and oxygen atoms in total. The van der Waals surface area contributed by atoms with Crippen LogP contribution in [-0.2, 0) is 9.53 Å². The lowest BCUT2D eigenvalue weighted by Crippen LogP contribution is -2.16. The molecule has 1 amide bonds. The second-order valence-corrected chi connectivity index (χ2v) is 8.20. The van der Waals surface area contributed by atoms with Gasteiger partial charge in [0.1, 0.15) is 28.2 Å². The molecule has 0 aliphatic carbocycles. The van der Waals surface area contributed by atoms with Crippen molar-refractivity contribution in [3.05, 3.63) is 68.8 Å². The maximum absolute atomic E-state index is 12.7. The van der Waals surface area contributed by atoms with Crippen LogP contribution in [0, 0.1) is 25.2 Å². The zero-order valence-corrected chi connectivity index (χ0v) is 18.7. The largest absolute Gasteiger partial charge is 0.462 e. The van der Waals surface area contributed by atoms with E-state index in [0.29, 0.717) is 27.1 Å². The first-order valence-electron chi connectivity index (χ1n) is 9.40. The Labute approximate surface area is 188 Å². The van der Waals surface area contributed by atoms with Crippen LogP contribution >= 0.6 is 22.9 Å². The predicted molar refractivity (Wildman–Crippen MR) is 121 cm³/mol. The third kappa shape index (κ3) is 5.05. The highest BCUT2D eigenvalue weighted by molar-refractivity contribution is 7.16. The van der Waals surface area contributed by atoms with Crippen molar-refractivity contribution >= 4 is 45.9 Å². The molecule has 0 atom stereocenters. The van der Waals surface area contributed by atoms with Crippen LogP contribution < -0.4 is 5.32 Å². The van der Waals surface area contributed by atoms with Crippen LogP contribution in [0.4, 0.5) is 5.00 Å². The summed E-state index contributed by atoms with van der Waals surface area (Å²) in [5.74, 6) is -0.227. The van der Waals surface area contributed by atoms with Crippen molar-refractivity contribution in [3.63, 3.8) is 0 Å². The average molecular weight is 455 g/mol. The van der Waals surface area contributed by atoms with Gasteiger partial charge < -0.3 is 14.5 Å². The number of anilines is 1. The van der Waals surface area contributed by atoms with Gasteiger partial charge in [-0.05, 0) is 62.7 Å². The molecular weight excluding hydrogens is 436 g/mol. The second kappa shape index (κ2) is 9.65. The van der Waals surface area contributed by atoms with Gasteiger partial charge in [0.05, 0.1) is 12.2 Å². The molecule has 0 aliphatic rings. The van der Waals surface area contributed by atoms with E-state index in [0.717, 1.165) is 16.0 Å². The van der Waals surface area contributed by atoms with Crippen molar-refractivity contribution in [3.8, 4) is 17.4 Å². The summed E-state index contributed by atoms with van der Waals surface area (Å²) >= 11 is 7.16. The van der Waals surface area contributed by atoms with Crippen LogP contribution in [0.2, 0.25) is 5.02 Å². The van der Waals surface area contributed by atoms with Gasteiger partial charge in [0.2, 0.25) is 0 Å². The molecular formula is C23H19ClN2O4S. The molecule has 1 aromatic carbocycles. The second-order valence-electron chi connectivity index (χ2n) is 6.54. The van der Waals surface area contributed by atoms with Crippen molar-refractivity contribution in [1.82, 2.24) is 0 Å². The Hall–Kier alpha value is -3.34. The molecule has 0 aliphatic heterocycles. The number of thiophene rings is 1. The number of nitrogens with one attached hydrogen (secondary N) is 1. The topological polar surface area (TPSA) is 92.3 Å². The zero-order chi connectivity index (χ0) is 22.5. The quantitative estimate of drug-likeness (QED) is 0.280. The standard InChI is InChI=1S/C23H19ClN2O4S/c1-4-29-23(28)20-13(2)14(3)31-22(20)26-21(27)16(12-25)11-18-9-10-19(30-18)15-5-7-17(24)8-6-15/h5-11H,4H2,1-3H3,(H,26,27)/b16-11+. The predicted octanol–water partition coefficient (Wildman–Crippen LogP) is 6.00. The summed E-state index contributed by atoms with van der Waals surface area (Å²) in [7, 11) is 0. The SMILES string of the molecule is CCOC(=O)c1c(NC(=O)/C(C#N)=C/c2ccc(-c3ccc(Cl)cc3)o2)sc(C)c1C. The molecule has 0 spiro atoms. The fourth-order valence-corrected chi connectivity index (χ4v) is 3.99. The van der Waals surface area contributed by atoms with Crippen LogP contribution in [0.3, 0.4) is 0 Å². The number of ether oxygens (including phenoxy) is 1. The van der Waals surface area contributed by atoms with E-state index >= 15 is 0 Å². The highest BCUT2D eigenvalue weighted by Gasteiger charge is 2.23. The lowest BCUT2D eigenvalue weighted by Gasteiger charge is -2.06. The minimum absolute atomic E-state index is 0.157. The van der Waals surface area contributed by atoms with E-state index in [4.69, 9.17) is 20.8 Å². The number of aryl methyl sites for hydroxylation is 1. The summed E-state index contributed by atoms with van der Waals surface area (Å²) in [6.07, 6.45) is 1.35. The molecule has 0 saturated carbocycles. The molecule has 2 heterocycles. The molecule has 0 fully saturated rings. The number of halogens is 1. The number of rotatable bonds is 6. The van der Waals surface area contributed by atoms with Crippen LogP contribution in [0.25, 0.3) is 17.4 Å². The molecule has 3 aromatic rings. The number of hydrogen-bond donors (Lipinski definition) is 1. The number of amides is 1. The Morgan fingerprint density at radius 3 is 2.58 bits per heavy atom. The Morgan fingerprint density at radius 1 is 1.23 bits per heavy atom. The van der Waals surface area contributed by atoms with Crippen LogP contribution in [0.5, 0.6) is 0 Å². The summed E-state index contributed by atoms with van der Waals surface area (Å²) in [5, 5.41) is 13.1. The Bertz CT molecular complexity index is 1200. The van der Waals surface area contributed by atoms with Crippen LogP contribution in [-0.4, -0.2) is 18.5 Å². The number of nitrogens with zero attached hydrogens (tertiary/aromatic N) is 1. The summed E-state index contributed by atoms with van der Waals surface area (Å²) in [5.41, 5.74) is 1.70. The fraction of sp³-hybridized carbons (Fsp3) is 0.174. The van der Waals surface area contributed by atoms with Gasteiger partial charge in [0, 0.05) is 21.5 Å². The molecule has 0 saturated heterocycles. The first-order valence-corrected chi connectivity index (χ1v) is 10.6. The van der Waals surface area contributed by atoms with Gasteiger partial charge in [-0.15, -0.1) is 11.3 Å². The molecule has 3 rings (SSSR count). The minimum Gasteiger partial charge on any atom is -0.462 e. The maximum atomic E-state index is 12.7. The molecule has 0 unspecified atom stereocenters. The Morgan fingerprint density at radius 2 is 1.94 bits per heavy atom.